The van der Waals surface area contributed by atoms with Gasteiger partial charge in [0.2, 0.25) is 0 Å². The number of amides is 1. The topological polar surface area (TPSA) is 20.3 Å². The van der Waals surface area contributed by atoms with Gasteiger partial charge in [0, 0.05) is 13.1 Å². The van der Waals surface area contributed by atoms with Crippen LogP contribution in [-0.4, -0.2) is 23.9 Å². The van der Waals surface area contributed by atoms with Crippen LogP contribution in [0.1, 0.15) is 30.1 Å². The first-order valence-corrected chi connectivity index (χ1v) is 7.07. The number of carbonyl (C=O) groups is 1. The molecule has 2 rings (SSSR count). The molecule has 2 nitrogen and oxygen atoms in total. The van der Waals surface area contributed by atoms with Crippen molar-refractivity contribution in [1.29, 1.82) is 0 Å². The quantitative estimate of drug-likeness (QED) is 0.699. The van der Waals surface area contributed by atoms with Gasteiger partial charge < -0.3 is 4.90 Å². The third-order valence-electron chi connectivity index (χ3n) is 3.33. The second-order valence-corrected chi connectivity index (χ2v) is 5.89. The number of hydrogen-bond donors (Lipinski definition) is 0. The molecule has 1 saturated heterocycles. The number of benzene rings is 1. The van der Waals surface area contributed by atoms with Crippen LogP contribution >= 0.6 is 34.8 Å². The van der Waals surface area contributed by atoms with E-state index in [-0.39, 0.29) is 10.9 Å². The van der Waals surface area contributed by atoms with E-state index >= 15 is 0 Å². The van der Waals surface area contributed by atoms with Crippen LogP contribution in [0, 0.1) is 5.92 Å². The molecule has 0 aromatic heterocycles. The molecule has 1 fully saturated rings. The van der Waals surface area contributed by atoms with Gasteiger partial charge in [-0.25, -0.2) is 0 Å². The normalized spacial score (nSPS) is 17.0. The smallest absolute Gasteiger partial charge is 0.256 e. The Kier molecular flexibility index (Phi) is 4.41. The van der Waals surface area contributed by atoms with Gasteiger partial charge in [0.05, 0.1) is 20.6 Å². The van der Waals surface area contributed by atoms with E-state index in [0.29, 0.717) is 21.5 Å². The lowest BCUT2D eigenvalue weighted by Gasteiger charge is -2.30. The molecule has 1 aromatic carbocycles. The summed E-state index contributed by atoms with van der Waals surface area (Å²) in [5, 5.41) is 0.954. The number of hydrogen-bond acceptors (Lipinski definition) is 1. The predicted octanol–water partition coefficient (Wildman–Crippen LogP) is 4.52. The molecule has 5 heteroatoms. The van der Waals surface area contributed by atoms with Crippen LogP contribution in [0.4, 0.5) is 0 Å². The van der Waals surface area contributed by atoms with E-state index in [2.05, 4.69) is 6.92 Å². The third kappa shape index (κ3) is 2.76. The second-order valence-electron chi connectivity index (χ2n) is 4.69. The minimum absolute atomic E-state index is 0.126. The molecule has 0 aliphatic carbocycles. The Hall–Kier alpha value is -0.440. The molecule has 1 aliphatic rings. The number of likely N-dealkylation sites (tertiary alicyclic amines) is 1. The van der Waals surface area contributed by atoms with Crippen LogP contribution in [0.25, 0.3) is 0 Å². The van der Waals surface area contributed by atoms with Gasteiger partial charge in [-0.05, 0) is 30.9 Å². The lowest BCUT2D eigenvalue weighted by atomic mass is 9.98. The first-order valence-electron chi connectivity index (χ1n) is 5.93. The average Bonchev–Trinajstić information content (AvgIpc) is 2.35. The summed E-state index contributed by atoms with van der Waals surface area (Å²) >= 11 is 18.1. The molecular weight excluding hydrogens is 293 g/mol. The fourth-order valence-electron chi connectivity index (χ4n) is 2.09. The van der Waals surface area contributed by atoms with E-state index in [1.165, 1.54) is 0 Å². The molecule has 0 radical (unpaired) electrons. The molecule has 0 unspecified atom stereocenters. The molecule has 1 aliphatic heterocycles. The largest absolute Gasteiger partial charge is 0.339 e. The monoisotopic (exact) mass is 305 g/mol. The summed E-state index contributed by atoms with van der Waals surface area (Å²) in [4.78, 5) is 14.2. The van der Waals surface area contributed by atoms with E-state index in [9.17, 15) is 4.79 Å². The molecule has 98 valence electrons. The van der Waals surface area contributed by atoms with Crippen molar-refractivity contribution in [3.8, 4) is 0 Å². The van der Waals surface area contributed by atoms with Crippen molar-refractivity contribution in [3.05, 3.63) is 32.8 Å². The summed E-state index contributed by atoms with van der Waals surface area (Å²) < 4.78 is 0. The van der Waals surface area contributed by atoms with E-state index in [1.807, 2.05) is 0 Å². The molecule has 18 heavy (non-hydrogen) atoms. The highest BCUT2D eigenvalue weighted by Crippen LogP contribution is 2.33. The van der Waals surface area contributed by atoms with E-state index in [1.54, 1.807) is 17.0 Å². The molecule has 0 saturated carbocycles. The number of halogens is 3. The standard InChI is InChI=1S/C13H14Cl3NO/c1-8-4-6-17(7-5-8)13(18)11-9(14)2-3-10(15)12(11)16/h2-3,8H,4-7H2,1H3. The number of carbonyl (C=O) groups excluding carboxylic acids is 1. The van der Waals surface area contributed by atoms with Crippen LogP contribution < -0.4 is 0 Å². The molecule has 1 amide bonds. The number of piperidine rings is 1. The van der Waals surface area contributed by atoms with Gasteiger partial charge in [-0.2, -0.15) is 0 Å². The zero-order valence-corrected chi connectivity index (χ0v) is 12.3. The minimum Gasteiger partial charge on any atom is -0.339 e. The summed E-state index contributed by atoms with van der Waals surface area (Å²) in [5.74, 6) is 0.541. The lowest BCUT2D eigenvalue weighted by Crippen LogP contribution is -2.38. The number of rotatable bonds is 1. The minimum atomic E-state index is -0.126. The van der Waals surface area contributed by atoms with E-state index < -0.39 is 0 Å². The van der Waals surface area contributed by atoms with Gasteiger partial charge in [-0.3, -0.25) is 4.79 Å². The van der Waals surface area contributed by atoms with Crippen LogP contribution in [0.3, 0.4) is 0 Å². The van der Waals surface area contributed by atoms with Crippen molar-refractivity contribution in [2.45, 2.75) is 19.8 Å². The Balaban J connectivity index is 2.26. The zero-order valence-electron chi connectivity index (χ0n) is 10.0. The van der Waals surface area contributed by atoms with Gasteiger partial charge in [-0.15, -0.1) is 0 Å². The van der Waals surface area contributed by atoms with Crippen LogP contribution in [0.2, 0.25) is 15.1 Å². The second kappa shape index (κ2) is 5.68. The van der Waals surface area contributed by atoms with Gasteiger partial charge in [0.1, 0.15) is 0 Å². The van der Waals surface area contributed by atoms with Gasteiger partial charge in [-0.1, -0.05) is 41.7 Å². The Bertz CT molecular complexity index is 468. The molecule has 1 heterocycles. The van der Waals surface area contributed by atoms with Crippen LogP contribution in [-0.2, 0) is 0 Å². The highest BCUT2D eigenvalue weighted by atomic mass is 35.5. The maximum atomic E-state index is 12.4. The summed E-state index contributed by atoms with van der Waals surface area (Å²) in [7, 11) is 0. The van der Waals surface area contributed by atoms with Crippen molar-refractivity contribution < 1.29 is 4.79 Å². The molecule has 0 N–H and O–H groups in total. The van der Waals surface area contributed by atoms with Crippen molar-refractivity contribution in [1.82, 2.24) is 4.90 Å². The van der Waals surface area contributed by atoms with Crippen molar-refractivity contribution in [2.75, 3.05) is 13.1 Å². The Morgan fingerprint density at radius 1 is 1.17 bits per heavy atom. The van der Waals surface area contributed by atoms with Crippen molar-refractivity contribution in [3.63, 3.8) is 0 Å². The Labute approximate surface area is 122 Å². The Morgan fingerprint density at radius 3 is 2.33 bits per heavy atom. The van der Waals surface area contributed by atoms with E-state index in [4.69, 9.17) is 34.8 Å². The zero-order chi connectivity index (χ0) is 13.3. The lowest BCUT2D eigenvalue weighted by molar-refractivity contribution is 0.0697. The van der Waals surface area contributed by atoms with Crippen LogP contribution in [0.15, 0.2) is 12.1 Å². The highest BCUT2D eigenvalue weighted by molar-refractivity contribution is 6.46. The first kappa shape index (κ1) is 14.0. The maximum absolute atomic E-state index is 12.4. The van der Waals surface area contributed by atoms with Crippen molar-refractivity contribution in [2.24, 2.45) is 5.92 Å². The van der Waals surface area contributed by atoms with Crippen LogP contribution in [0.5, 0.6) is 0 Å². The van der Waals surface area contributed by atoms with Crippen molar-refractivity contribution >= 4 is 40.7 Å². The Morgan fingerprint density at radius 2 is 1.72 bits per heavy atom. The molecule has 0 atom stereocenters. The molecule has 1 aromatic rings. The SMILES string of the molecule is CC1CCN(C(=O)c2c(Cl)ccc(Cl)c2Cl)CC1. The summed E-state index contributed by atoms with van der Waals surface area (Å²) in [6.07, 6.45) is 2.03. The third-order valence-corrected chi connectivity index (χ3v) is 4.45. The molecular formula is C13H14Cl3NO. The number of nitrogens with zero attached hydrogens (tertiary/aromatic N) is 1. The average molecular weight is 307 g/mol. The predicted molar refractivity (Wildman–Crippen MR) is 75.8 cm³/mol. The fraction of sp³-hybridized carbons (Fsp3) is 0.462. The van der Waals surface area contributed by atoms with Gasteiger partial charge in [0.25, 0.3) is 5.91 Å². The summed E-state index contributed by atoms with van der Waals surface area (Å²) in [5.41, 5.74) is 0.320. The fourth-order valence-corrected chi connectivity index (χ4v) is 2.78. The van der Waals surface area contributed by atoms with Gasteiger partial charge in [0.15, 0.2) is 0 Å². The highest BCUT2D eigenvalue weighted by Gasteiger charge is 2.25. The molecule has 0 spiro atoms. The van der Waals surface area contributed by atoms with E-state index in [0.717, 1.165) is 25.9 Å². The summed E-state index contributed by atoms with van der Waals surface area (Å²) in [6.45, 7) is 3.69. The maximum Gasteiger partial charge on any atom is 0.256 e. The van der Waals surface area contributed by atoms with Gasteiger partial charge >= 0.3 is 0 Å². The first-order chi connectivity index (χ1) is 8.50. The summed E-state index contributed by atoms with van der Waals surface area (Å²) in [6, 6.07) is 3.21. The molecule has 0 bridgehead atoms.